The molecule has 1 unspecified atom stereocenters. The van der Waals surface area contributed by atoms with E-state index in [1.54, 1.807) is 0 Å². The summed E-state index contributed by atoms with van der Waals surface area (Å²) >= 11 is 0. The Bertz CT molecular complexity index is 1800. The Morgan fingerprint density at radius 1 is 0.841 bits per heavy atom. The molecule has 2 fully saturated rings. The van der Waals surface area contributed by atoms with Crippen molar-refractivity contribution in [3.05, 3.63) is 77.6 Å². The smallest absolute Gasteiger partial charge is 0.251 e. The number of alkyl halides is 4. The van der Waals surface area contributed by atoms with Crippen LogP contribution in [0.1, 0.15) is 61.3 Å². The van der Waals surface area contributed by atoms with Crippen LogP contribution in [0.2, 0.25) is 0 Å². The maximum atomic E-state index is 14.5. The van der Waals surface area contributed by atoms with E-state index in [2.05, 4.69) is 45.8 Å². The maximum Gasteiger partial charge on any atom is 0.251 e. The van der Waals surface area contributed by atoms with Crippen LogP contribution >= 0.6 is 0 Å². The van der Waals surface area contributed by atoms with E-state index < -0.39 is 11.8 Å². The zero-order valence-corrected chi connectivity index (χ0v) is 25.3. The maximum absolute atomic E-state index is 14.5. The number of aromatic nitrogens is 4. The van der Waals surface area contributed by atoms with Gasteiger partial charge in [-0.15, -0.1) is 0 Å². The van der Waals surface area contributed by atoms with Crippen molar-refractivity contribution >= 4 is 27.6 Å². The van der Waals surface area contributed by atoms with Crippen LogP contribution in [0.4, 0.5) is 23.2 Å². The lowest BCUT2D eigenvalue weighted by atomic mass is 9.79. The van der Waals surface area contributed by atoms with E-state index in [1.165, 1.54) is 0 Å². The Morgan fingerprint density at radius 3 is 2.18 bits per heavy atom. The van der Waals surface area contributed by atoms with Crippen LogP contribution in [0.15, 0.2) is 60.9 Å². The molecular formula is C35H37F4N5. The highest BCUT2D eigenvalue weighted by atomic mass is 19.3. The van der Waals surface area contributed by atoms with Gasteiger partial charge in [0.15, 0.2) is 0 Å². The molecular weight excluding hydrogens is 566 g/mol. The zero-order valence-electron chi connectivity index (χ0n) is 25.3. The van der Waals surface area contributed by atoms with Crippen molar-refractivity contribution in [2.24, 2.45) is 13.0 Å². The van der Waals surface area contributed by atoms with Gasteiger partial charge in [0, 0.05) is 68.7 Å². The second-order valence-electron chi connectivity index (χ2n) is 12.8. The van der Waals surface area contributed by atoms with Gasteiger partial charge < -0.3 is 9.47 Å². The third-order valence-corrected chi connectivity index (χ3v) is 9.82. The number of rotatable bonds is 5. The van der Waals surface area contributed by atoms with Crippen molar-refractivity contribution in [1.29, 1.82) is 0 Å². The summed E-state index contributed by atoms with van der Waals surface area (Å²) in [5.74, 6) is -5.33. The third kappa shape index (κ3) is 4.94. The molecule has 7 rings (SSSR count). The number of hydrogen-bond donors (Lipinski definition) is 0. The zero-order chi connectivity index (χ0) is 30.8. The molecule has 5 nitrogen and oxygen atoms in total. The lowest BCUT2D eigenvalue weighted by Crippen LogP contribution is -2.39. The summed E-state index contributed by atoms with van der Waals surface area (Å²) < 4.78 is 61.6. The van der Waals surface area contributed by atoms with E-state index in [4.69, 9.17) is 4.98 Å². The van der Waals surface area contributed by atoms with E-state index in [-0.39, 0.29) is 50.7 Å². The Balaban J connectivity index is 1.52. The molecule has 1 atom stereocenters. The van der Waals surface area contributed by atoms with Crippen LogP contribution in [-0.2, 0) is 7.05 Å². The van der Waals surface area contributed by atoms with Crippen LogP contribution in [-0.4, -0.2) is 44.3 Å². The summed E-state index contributed by atoms with van der Waals surface area (Å²) in [6.07, 6.45) is 3.85. The molecule has 0 N–H and O–H groups in total. The molecule has 1 aliphatic heterocycles. The molecule has 0 spiro atoms. The van der Waals surface area contributed by atoms with Crippen molar-refractivity contribution in [3.63, 3.8) is 0 Å². The molecule has 4 heterocycles. The van der Waals surface area contributed by atoms with Crippen molar-refractivity contribution in [1.82, 2.24) is 19.3 Å². The minimum Gasteiger partial charge on any atom is -0.370 e. The largest absolute Gasteiger partial charge is 0.370 e. The van der Waals surface area contributed by atoms with Crippen LogP contribution in [0, 0.1) is 19.8 Å². The van der Waals surface area contributed by atoms with E-state index >= 15 is 0 Å². The fourth-order valence-electron chi connectivity index (χ4n) is 7.56. The van der Waals surface area contributed by atoms with Crippen LogP contribution in [0.25, 0.3) is 33.2 Å². The first kappa shape index (κ1) is 28.9. The molecule has 0 radical (unpaired) electrons. The van der Waals surface area contributed by atoms with Gasteiger partial charge in [-0.05, 0) is 61.4 Å². The highest BCUT2D eigenvalue weighted by Gasteiger charge is 2.40. The Hall–Kier alpha value is -3.88. The molecule has 2 aromatic carbocycles. The third-order valence-electron chi connectivity index (χ3n) is 9.82. The normalized spacial score (nSPS) is 19.6. The second kappa shape index (κ2) is 10.6. The number of nitrogens with zero attached hydrogens (tertiary/aromatic N) is 5. The molecule has 2 aliphatic rings. The summed E-state index contributed by atoms with van der Waals surface area (Å²) in [5, 5.41) is 5.38. The number of halogens is 4. The molecule has 1 aliphatic carbocycles. The monoisotopic (exact) mass is 603 g/mol. The van der Waals surface area contributed by atoms with Crippen LogP contribution in [0.3, 0.4) is 0 Å². The fraction of sp³-hybridized carbons (Fsp3) is 0.429. The standard InChI is InChI=1S/C35H37F4N5/c1-22-9-10-27(43-17-15-35(38,39)16-18-43)29-30-28(19-26(21-40-30)31-23(2)20-41-42(31)3)44(32(22)29)33(24-7-5-4-6-8-24)25-11-13-34(36,37)14-12-25/h4-10,19-21,25,33H,11-18H2,1-3H3. The number of aryl methyl sites for hydroxylation is 3. The van der Waals surface area contributed by atoms with Crippen molar-refractivity contribution in [2.75, 3.05) is 18.0 Å². The van der Waals surface area contributed by atoms with Crippen molar-refractivity contribution < 1.29 is 17.6 Å². The Labute approximate surface area is 254 Å². The first-order chi connectivity index (χ1) is 21.0. The lowest BCUT2D eigenvalue weighted by Gasteiger charge is -2.36. The average Bonchev–Trinajstić information content (AvgIpc) is 3.51. The highest BCUT2D eigenvalue weighted by molar-refractivity contribution is 6.14. The van der Waals surface area contributed by atoms with Gasteiger partial charge in [0.25, 0.3) is 5.92 Å². The molecule has 230 valence electrons. The predicted octanol–water partition coefficient (Wildman–Crippen LogP) is 8.86. The lowest BCUT2D eigenvalue weighted by molar-refractivity contribution is -0.0493. The van der Waals surface area contributed by atoms with Gasteiger partial charge in [-0.2, -0.15) is 5.10 Å². The molecule has 5 aromatic rings. The number of hydrogen-bond acceptors (Lipinski definition) is 3. The SMILES string of the molecule is Cc1cnn(C)c1-c1cnc2c3c(N4CCC(F)(F)CC4)ccc(C)c3n(C(c3ccccc3)C3CCC(F)(F)CC3)c2c1. The van der Waals surface area contributed by atoms with Gasteiger partial charge in [0.1, 0.15) is 0 Å². The first-order valence-corrected chi connectivity index (χ1v) is 15.5. The van der Waals surface area contributed by atoms with Gasteiger partial charge in [-0.25, -0.2) is 17.6 Å². The van der Waals surface area contributed by atoms with Gasteiger partial charge in [0.05, 0.1) is 34.5 Å². The Morgan fingerprint density at radius 2 is 1.52 bits per heavy atom. The molecule has 0 amide bonds. The number of pyridine rings is 1. The average molecular weight is 604 g/mol. The molecule has 1 saturated carbocycles. The molecule has 9 heteroatoms. The fourth-order valence-corrected chi connectivity index (χ4v) is 7.56. The molecule has 3 aromatic heterocycles. The van der Waals surface area contributed by atoms with Crippen molar-refractivity contribution in [2.45, 2.75) is 70.3 Å². The summed E-state index contributed by atoms with van der Waals surface area (Å²) in [6.45, 7) is 4.59. The van der Waals surface area contributed by atoms with E-state index in [0.29, 0.717) is 12.8 Å². The summed E-state index contributed by atoms with van der Waals surface area (Å²) in [4.78, 5) is 7.14. The van der Waals surface area contributed by atoms with Crippen LogP contribution < -0.4 is 4.90 Å². The highest BCUT2D eigenvalue weighted by Crippen LogP contribution is 2.48. The molecule has 44 heavy (non-hydrogen) atoms. The van der Waals surface area contributed by atoms with Gasteiger partial charge in [-0.3, -0.25) is 9.67 Å². The van der Waals surface area contributed by atoms with Crippen molar-refractivity contribution in [3.8, 4) is 11.3 Å². The Kier molecular flexibility index (Phi) is 6.98. The summed E-state index contributed by atoms with van der Waals surface area (Å²) in [7, 11) is 1.91. The number of benzene rings is 2. The number of fused-ring (bicyclic) bond motifs is 3. The van der Waals surface area contributed by atoms with E-state index in [1.807, 2.05) is 55.3 Å². The molecule has 1 saturated heterocycles. The minimum absolute atomic E-state index is 0.0188. The van der Waals surface area contributed by atoms with E-state index in [9.17, 15) is 17.6 Å². The minimum atomic E-state index is -2.66. The topological polar surface area (TPSA) is 38.9 Å². The van der Waals surface area contributed by atoms with E-state index in [0.717, 1.165) is 55.6 Å². The summed E-state index contributed by atoms with van der Waals surface area (Å²) in [6, 6.07) is 16.2. The van der Waals surface area contributed by atoms with Gasteiger partial charge >= 0.3 is 0 Å². The summed E-state index contributed by atoms with van der Waals surface area (Å²) in [5.41, 5.74) is 8.56. The predicted molar refractivity (Wildman–Crippen MR) is 167 cm³/mol. The second-order valence-corrected chi connectivity index (χ2v) is 12.8. The number of anilines is 1. The number of piperidine rings is 1. The molecule has 0 bridgehead atoms. The van der Waals surface area contributed by atoms with Gasteiger partial charge in [-0.1, -0.05) is 36.4 Å². The van der Waals surface area contributed by atoms with Crippen LogP contribution in [0.5, 0.6) is 0 Å². The van der Waals surface area contributed by atoms with Gasteiger partial charge in [0.2, 0.25) is 5.92 Å². The first-order valence-electron chi connectivity index (χ1n) is 15.5. The quantitative estimate of drug-likeness (QED) is 0.188.